The molecule has 1 aliphatic rings. The van der Waals surface area contributed by atoms with Crippen LogP contribution < -0.4 is 10.1 Å². The summed E-state index contributed by atoms with van der Waals surface area (Å²) in [5.41, 5.74) is 0.849. The van der Waals surface area contributed by atoms with Crippen molar-refractivity contribution in [1.82, 2.24) is 5.32 Å². The molecular formula is C17H13FN2O3S. The van der Waals surface area contributed by atoms with Crippen LogP contribution >= 0.6 is 11.8 Å². The van der Waals surface area contributed by atoms with Crippen molar-refractivity contribution in [1.29, 1.82) is 0 Å². The van der Waals surface area contributed by atoms with Gasteiger partial charge in [0.05, 0.1) is 12.0 Å². The van der Waals surface area contributed by atoms with Crippen LogP contribution in [0.15, 0.2) is 52.4 Å². The molecule has 2 N–H and O–H groups in total. The average molecular weight is 344 g/mol. The van der Waals surface area contributed by atoms with Crippen LogP contribution in [0.3, 0.4) is 0 Å². The lowest BCUT2D eigenvalue weighted by molar-refractivity contribution is -0.115. The topological polar surface area (TPSA) is 70.9 Å². The molecule has 1 fully saturated rings. The number of para-hydroxylation sites is 1. The second-order valence-electron chi connectivity index (χ2n) is 4.86. The van der Waals surface area contributed by atoms with E-state index in [0.29, 0.717) is 21.4 Å². The van der Waals surface area contributed by atoms with E-state index in [1.54, 1.807) is 30.3 Å². The molecule has 0 spiro atoms. The number of hydrogen-bond acceptors (Lipinski definition) is 5. The van der Waals surface area contributed by atoms with E-state index in [1.807, 2.05) is 0 Å². The van der Waals surface area contributed by atoms with Gasteiger partial charge < -0.3 is 15.2 Å². The standard InChI is InChI=1S/C17H13FN2O3S/c1-23-14-8-10(6-7-13(14)21)9-15-16(22)20-17(24-15)19-12-5-3-2-4-11(12)18/h2-9,21H,1H3,(H,19,20,22)/b15-9+. The molecular weight excluding hydrogens is 331 g/mol. The maximum atomic E-state index is 13.6. The Labute approximate surface area is 141 Å². The van der Waals surface area contributed by atoms with Crippen LogP contribution in [0, 0.1) is 5.82 Å². The molecule has 2 aromatic rings. The molecule has 1 amide bonds. The Bertz CT molecular complexity index is 865. The number of phenolic OH excluding ortho intramolecular Hbond substituents is 1. The third-order valence-corrected chi connectivity index (χ3v) is 4.14. The van der Waals surface area contributed by atoms with E-state index in [-0.39, 0.29) is 17.3 Å². The van der Waals surface area contributed by atoms with Crippen molar-refractivity contribution >= 4 is 34.6 Å². The molecule has 3 rings (SSSR count). The summed E-state index contributed by atoms with van der Waals surface area (Å²) in [6.07, 6.45) is 1.64. The molecule has 122 valence electrons. The Kier molecular flexibility index (Phi) is 4.52. The van der Waals surface area contributed by atoms with E-state index >= 15 is 0 Å². The summed E-state index contributed by atoms with van der Waals surface area (Å²) in [4.78, 5) is 16.6. The maximum Gasteiger partial charge on any atom is 0.264 e. The van der Waals surface area contributed by atoms with E-state index in [2.05, 4.69) is 10.3 Å². The molecule has 0 aliphatic carbocycles. The lowest BCUT2D eigenvalue weighted by atomic mass is 10.2. The number of hydrogen-bond donors (Lipinski definition) is 2. The highest BCUT2D eigenvalue weighted by atomic mass is 32.2. The van der Waals surface area contributed by atoms with Gasteiger partial charge in [0.2, 0.25) is 0 Å². The fourth-order valence-electron chi connectivity index (χ4n) is 2.07. The monoisotopic (exact) mass is 344 g/mol. The Hall–Kier alpha value is -2.80. The SMILES string of the molecule is COc1cc(/C=C2/SC(=Nc3ccccc3F)NC2=O)ccc1O. The Morgan fingerprint density at radius 1 is 1.29 bits per heavy atom. The fraction of sp³-hybridized carbons (Fsp3) is 0.0588. The normalized spacial score (nSPS) is 17.3. The van der Waals surface area contributed by atoms with Gasteiger partial charge in [0.25, 0.3) is 5.91 Å². The number of phenols is 1. The zero-order valence-electron chi connectivity index (χ0n) is 12.6. The number of amides is 1. The van der Waals surface area contributed by atoms with Crippen LogP contribution in [-0.2, 0) is 4.79 Å². The highest BCUT2D eigenvalue weighted by Gasteiger charge is 2.24. The van der Waals surface area contributed by atoms with E-state index in [1.165, 1.54) is 25.3 Å². The van der Waals surface area contributed by atoms with Crippen molar-refractivity contribution in [3.63, 3.8) is 0 Å². The Morgan fingerprint density at radius 3 is 2.83 bits per heavy atom. The van der Waals surface area contributed by atoms with Gasteiger partial charge in [0.1, 0.15) is 11.5 Å². The second kappa shape index (κ2) is 6.76. The second-order valence-corrected chi connectivity index (χ2v) is 5.90. The molecule has 0 aromatic heterocycles. The number of ether oxygens (including phenoxy) is 1. The van der Waals surface area contributed by atoms with Crippen LogP contribution in [0.4, 0.5) is 10.1 Å². The number of thioether (sulfide) groups is 1. The van der Waals surface area contributed by atoms with E-state index < -0.39 is 5.82 Å². The molecule has 5 nitrogen and oxygen atoms in total. The van der Waals surface area contributed by atoms with Crippen molar-refractivity contribution < 1.29 is 19.0 Å². The average Bonchev–Trinajstić information content (AvgIpc) is 2.91. The Balaban J connectivity index is 1.86. The van der Waals surface area contributed by atoms with Crippen LogP contribution in [0.5, 0.6) is 11.5 Å². The molecule has 1 saturated heterocycles. The lowest BCUT2D eigenvalue weighted by Gasteiger charge is -2.03. The third-order valence-electron chi connectivity index (χ3n) is 3.23. The van der Waals surface area contributed by atoms with Gasteiger partial charge in [-0.3, -0.25) is 4.79 Å². The zero-order valence-corrected chi connectivity index (χ0v) is 13.4. The summed E-state index contributed by atoms with van der Waals surface area (Å²) in [6, 6.07) is 10.8. The number of benzene rings is 2. The molecule has 0 saturated carbocycles. The predicted octanol–water partition coefficient (Wildman–Crippen LogP) is 3.43. The number of nitrogens with zero attached hydrogens (tertiary/aromatic N) is 1. The van der Waals surface area contributed by atoms with Gasteiger partial charge in [-0.1, -0.05) is 18.2 Å². The highest BCUT2D eigenvalue weighted by molar-refractivity contribution is 8.18. The molecule has 0 bridgehead atoms. The molecule has 24 heavy (non-hydrogen) atoms. The summed E-state index contributed by atoms with van der Waals surface area (Å²) in [6.45, 7) is 0. The van der Waals surface area contributed by atoms with Crippen molar-refractivity contribution in [3.05, 3.63) is 58.8 Å². The number of methoxy groups -OCH3 is 1. The number of aliphatic imine (C=N–C) groups is 1. The molecule has 0 radical (unpaired) electrons. The molecule has 0 atom stereocenters. The number of amidine groups is 1. The van der Waals surface area contributed by atoms with Gasteiger partial charge in [-0.2, -0.15) is 0 Å². The third kappa shape index (κ3) is 3.41. The van der Waals surface area contributed by atoms with Crippen LogP contribution in [0.1, 0.15) is 5.56 Å². The van der Waals surface area contributed by atoms with E-state index in [9.17, 15) is 14.3 Å². The zero-order chi connectivity index (χ0) is 17.1. The molecule has 1 heterocycles. The van der Waals surface area contributed by atoms with Crippen molar-refractivity contribution in [2.45, 2.75) is 0 Å². The largest absolute Gasteiger partial charge is 0.504 e. The smallest absolute Gasteiger partial charge is 0.264 e. The number of halogens is 1. The number of carbonyl (C=O) groups is 1. The maximum absolute atomic E-state index is 13.6. The number of carbonyl (C=O) groups excluding carboxylic acids is 1. The van der Waals surface area contributed by atoms with E-state index in [0.717, 1.165) is 11.8 Å². The van der Waals surface area contributed by atoms with Crippen molar-refractivity contribution in [2.75, 3.05) is 7.11 Å². The summed E-state index contributed by atoms with van der Waals surface area (Å²) >= 11 is 1.12. The molecule has 0 unspecified atom stereocenters. The summed E-state index contributed by atoms with van der Waals surface area (Å²) in [5.74, 6) is -0.444. The first-order valence-electron chi connectivity index (χ1n) is 6.98. The van der Waals surface area contributed by atoms with Crippen LogP contribution in [-0.4, -0.2) is 23.3 Å². The summed E-state index contributed by atoms with van der Waals surface area (Å²) in [5, 5.41) is 12.5. The van der Waals surface area contributed by atoms with Gasteiger partial charge >= 0.3 is 0 Å². The highest BCUT2D eigenvalue weighted by Crippen LogP contribution is 2.31. The number of rotatable bonds is 3. The minimum Gasteiger partial charge on any atom is -0.504 e. The minimum atomic E-state index is -0.458. The lowest BCUT2D eigenvalue weighted by Crippen LogP contribution is -2.19. The summed E-state index contributed by atoms with van der Waals surface area (Å²) < 4.78 is 18.7. The predicted molar refractivity (Wildman–Crippen MR) is 91.9 cm³/mol. The number of nitrogens with one attached hydrogen (secondary N) is 1. The van der Waals surface area contributed by atoms with Gasteiger partial charge in [-0.15, -0.1) is 0 Å². The first-order chi connectivity index (χ1) is 11.6. The first-order valence-corrected chi connectivity index (χ1v) is 7.79. The quantitative estimate of drug-likeness (QED) is 0.837. The van der Waals surface area contributed by atoms with Crippen molar-refractivity contribution in [3.8, 4) is 11.5 Å². The Morgan fingerprint density at radius 2 is 2.08 bits per heavy atom. The fourth-order valence-corrected chi connectivity index (χ4v) is 2.90. The van der Waals surface area contributed by atoms with Gasteiger partial charge in [-0.25, -0.2) is 9.38 Å². The number of aromatic hydroxyl groups is 1. The van der Waals surface area contributed by atoms with Crippen LogP contribution in [0.25, 0.3) is 6.08 Å². The van der Waals surface area contributed by atoms with Crippen LogP contribution in [0.2, 0.25) is 0 Å². The molecule has 2 aromatic carbocycles. The summed E-state index contributed by atoms with van der Waals surface area (Å²) in [7, 11) is 1.45. The van der Waals surface area contributed by atoms with Crippen molar-refractivity contribution in [2.24, 2.45) is 4.99 Å². The van der Waals surface area contributed by atoms with Gasteiger partial charge in [-0.05, 0) is 47.7 Å². The first kappa shape index (κ1) is 16.1. The molecule has 1 aliphatic heterocycles. The van der Waals surface area contributed by atoms with E-state index in [4.69, 9.17) is 4.74 Å². The van der Waals surface area contributed by atoms with Gasteiger partial charge in [0, 0.05) is 0 Å². The molecule has 7 heteroatoms. The van der Waals surface area contributed by atoms with Gasteiger partial charge in [0.15, 0.2) is 16.7 Å². The minimum absolute atomic E-state index is 0.0185.